The molecule has 0 unspecified atom stereocenters. The smallest absolute Gasteiger partial charge is 0.253 e. The minimum Gasteiger partial charge on any atom is -0.338 e. The van der Waals surface area contributed by atoms with Crippen LogP contribution in [-0.2, 0) is 0 Å². The van der Waals surface area contributed by atoms with E-state index in [2.05, 4.69) is 19.9 Å². The van der Waals surface area contributed by atoms with Crippen LogP contribution in [0.15, 0.2) is 79.6 Å². The van der Waals surface area contributed by atoms with Crippen molar-refractivity contribution >= 4 is 5.91 Å². The van der Waals surface area contributed by atoms with Gasteiger partial charge in [-0.25, -0.2) is 9.97 Å². The molecular formula is C25H22N6O. The molecule has 1 fully saturated rings. The topological polar surface area (TPSA) is 84.8 Å². The van der Waals surface area contributed by atoms with Crippen LogP contribution in [0, 0.1) is 0 Å². The quantitative estimate of drug-likeness (QED) is 0.494. The van der Waals surface area contributed by atoms with E-state index < -0.39 is 0 Å². The molecule has 1 atom stereocenters. The van der Waals surface area contributed by atoms with Crippen molar-refractivity contribution in [3.8, 4) is 22.6 Å². The Morgan fingerprint density at radius 3 is 2.44 bits per heavy atom. The third kappa shape index (κ3) is 4.09. The summed E-state index contributed by atoms with van der Waals surface area (Å²) in [6.07, 6.45) is 12.3. The van der Waals surface area contributed by atoms with Crippen LogP contribution in [0.4, 0.5) is 0 Å². The fraction of sp³-hybridized carbons (Fsp3) is 0.200. The van der Waals surface area contributed by atoms with Gasteiger partial charge in [0.25, 0.3) is 5.91 Å². The Labute approximate surface area is 186 Å². The van der Waals surface area contributed by atoms with E-state index >= 15 is 0 Å². The van der Waals surface area contributed by atoms with Gasteiger partial charge in [0.2, 0.25) is 0 Å². The molecule has 4 aromatic heterocycles. The van der Waals surface area contributed by atoms with Gasteiger partial charge in [0.15, 0.2) is 5.82 Å². The molecule has 7 nitrogen and oxygen atoms in total. The lowest BCUT2D eigenvalue weighted by molar-refractivity contribution is 0.0706. The van der Waals surface area contributed by atoms with Gasteiger partial charge < -0.3 is 4.90 Å². The van der Waals surface area contributed by atoms with E-state index in [0.717, 1.165) is 41.9 Å². The summed E-state index contributed by atoms with van der Waals surface area (Å²) in [6.45, 7) is 1.35. The maximum Gasteiger partial charge on any atom is 0.253 e. The highest BCUT2D eigenvalue weighted by molar-refractivity contribution is 5.94. The van der Waals surface area contributed by atoms with Crippen LogP contribution in [-0.4, -0.2) is 48.8 Å². The zero-order chi connectivity index (χ0) is 21.8. The molecule has 0 saturated carbocycles. The Bertz CT molecular complexity index is 1200. The summed E-state index contributed by atoms with van der Waals surface area (Å²) in [5.74, 6) is 0.723. The average Bonchev–Trinajstić information content (AvgIpc) is 2.89. The Kier molecular flexibility index (Phi) is 5.61. The van der Waals surface area contributed by atoms with Crippen molar-refractivity contribution in [1.82, 2.24) is 29.8 Å². The van der Waals surface area contributed by atoms with Gasteiger partial charge in [-0.05, 0) is 54.8 Å². The minimum atomic E-state index is 0.0292. The van der Waals surface area contributed by atoms with Crippen LogP contribution in [0.2, 0.25) is 0 Å². The standard InChI is InChI=1S/C25H22N6O/c32-25(19-8-13-27-14-9-19)31-15-3-4-20(17-31)23-21(18-6-11-26-12-7-18)16-29-24(30-23)22-5-1-2-10-28-22/h1-2,5-14,16,20H,3-4,15,17H2/t20-/m0/s1. The van der Waals surface area contributed by atoms with Crippen LogP contribution < -0.4 is 0 Å². The van der Waals surface area contributed by atoms with Crippen LogP contribution >= 0.6 is 0 Å². The monoisotopic (exact) mass is 422 g/mol. The molecule has 158 valence electrons. The van der Waals surface area contributed by atoms with E-state index in [9.17, 15) is 4.79 Å². The molecule has 32 heavy (non-hydrogen) atoms. The summed E-state index contributed by atoms with van der Waals surface area (Å²) in [5.41, 5.74) is 4.32. The number of carbonyl (C=O) groups excluding carboxylic acids is 1. The first-order chi connectivity index (χ1) is 15.8. The van der Waals surface area contributed by atoms with Crippen LogP contribution in [0.5, 0.6) is 0 Å². The molecule has 0 bridgehead atoms. The van der Waals surface area contributed by atoms with Crippen molar-refractivity contribution in [1.29, 1.82) is 0 Å². The minimum absolute atomic E-state index is 0.0292. The van der Waals surface area contributed by atoms with Gasteiger partial charge in [-0.15, -0.1) is 0 Å². The first-order valence-electron chi connectivity index (χ1n) is 10.7. The Balaban J connectivity index is 1.52. The maximum absolute atomic E-state index is 13.1. The number of likely N-dealkylation sites (tertiary alicyclic amines) is 1. The van der Waals surface area contributed by atoms with E-state index in [-0.39, 0.29) is 11.8 Å². The molecule has 0 radical (unpaired) electrons. The van der Waals surface area contributed by atoms with Crippen LogP contribution in [0.3, 0.4) is 0 Å². The summed E-state index contributed by atoms with van der Waals surface area (Å²) in [5, 5.41) is 0. The maximum atomic E-state index is 13.1. The van der Waals surface area contributed by atoms with E-state index in [1.807, 2.05) is 41.4 Å². The third-order valence-corrected chi connectivity index (χ3v) is 5.73. The lowest BCUT2D eigenvalue weighted by atomic mass is 9.89. The number of rotatable bonds is 4. The number of carbonyl (C=O) groups is 1. The summed E-state index contributed by atoms with van der Waals surface area (Å²) in [7, 11) is 0. The highest BCUT2D eigenvalue weighted by Crippen LogP contribution is 2.34. The van der Waals surface area contributed by atoms with E-state index in [0.29, 0.717) is 17.9 Å². The number of aromatic nitrogens is 5. The average molecular weight is 422 g/mol. The van der Waals surface area contributed by atoms with Gasteiger partial charge in [0, 0.05) is 67.3 Å². The molecule has 1 amide bonds. The SMILES string of the molecule is O=C(c1ccncc1)N1CCC[C@H](c2nc(-c3ccccn3)ncc2-c2ccncc2)C1. The Morgan fingerprint density at radius 2 is 1.69 bits per heavy atom. The predicted molar refractivity (Wildman–Crippen MR) is 121 cm³/mol. The summed E-state index contributed by atoms with van der Waals surface area (Å²) >= 11 is 0. The molecule has 5 rings (SSSR count). The lowest BCUT2D eigenvalue weighted by Crippen LogP contribution is -2.39. The molecule has 1 aliphatic heterocycles. The number of pyridine rings is 3. The zero-order valence-corrected chi connectivity index (χ0v) is 17.5. The van der Waals surface area contributed by atoms with Crippen molar-refractivity contribution in [3.05, 3.63) is 90.9 Å². The van der Waals surface area contributed by atoms with Crippen molar-refractivity contribution in [2.24, 2.45) is 0 Å². The second kappa shape index (κ2) is 9.01. The molecular weight excluding hydrogens is 400 g/mol. The molecule has 5 heterocycles. The number of hydrogen-bond acceptors (Lipinski definition) is 6. The predicted octanol–water partition coefficient (Wildman–Crippen LogP) is 4.02. The van der Waals surface area contributed by atoms with Crippen LogP contribution in [0.25, 0.3) is 22.6 Å². The molecule has 1 aliphatic rings. The molecule has 4 aromatic rings. The highest BCUT2D eigenvalue weighted by Gasteiger charge is 2.29. The largest absolute Gasteiger partial charge is 0.338 e. The molecule has 1 saturated heterocycles. The van der Waals surface area contributed by atoms with Gasteiger partial charge in [0.1, 0.15) is 5.69 Å². The van der Waals surface area contributed by atoms with Gasteiger partial charge in [-0.3, -0.25) is 19.7 Å². The number of hydrogen-bond donors (Lipinski definition) is 0. The Morgan fingerprint density at radius 1 is 0.906 bits per heavy atom. The summed E-state index contributed by atoms with van der Waals surface area (Å²) in [6, 6.07) is 13.2. The lowest BCUT2D eigenvalue weighted by Gasteiger charge is -2.33. The second-order valence-electron chi connectivity index (χ2n) is 7.77. The van der Waals surface area contributed by atoms with Crippen LogP contribution in [0.1, 0.15) is 34.8 Å². The molecule has 0 aliphatic carbocycles. The number of nitrogens with zero attached hydrogens (tertiary/aromatic N) is 6. The first kappa shape index (κ1) is 19.9. The third-order valence-electron chi connectivity index (χ3n) is 5.73. The number of amides is 1. The number of piperidine rings is 1. The molecule has 0 N–H and O–H groups in total. The fourth-order valence-corrected chi connectivity index (χ4v) is 4.14. The second-order valence-corrected chi connectivity index (χ2v) is 7.77. The van der Waals surface area contributed by atoms with Crippen molar-refractivity contribution < 1.29 is 4.79 Å². The molecule has 0 aromatic carbocycles. The highest BCUT2D eigenvalue weighted by atomic mass is 16.2. The van der Waals surface area contributed by atoms with E-state index in [4.69, 9.17) is 4.98 Å². The summed E-state index contributed by atoms with van der Waals surface area (Å²) in [4.78, 5) is 37.1. The normalized spacial score (nSPS) is 16.0. The van der Waals surface area contributed by atoms with Gasteiger partial charge >= 0.3 is 0 Å². The van der Waals surface area contributed by atoms with Gasteiger partial charge in [-0.1, -0.05) is 6.07 Å². The zero-order valence-electron chi connectivity index (χ0n) is 17.5. The molecule has 0 spiro atoms. The van der Waals surface area contributed by atoms with Gasteiger partial charge in [-0.2, -0.15) is 0 Å². The fourth-order valence-electron chi connectivity index (χ4n) is 4.14. The van der Waals surface area contributed by atoms with Crippen molar-refractivity contribution in [2.75, 3.05) is 13.1 Å². The van der Waals surface area contributed by atoms with E-state index in [1.165, 1.54) is 0 Å². The van der Waals surface area contributed by atoms with Crippen molar-refractivity contribution in [2.45, 2.75) is 18.8 Å². The van der Waals surface area contributed by atoms with Gasteiger partial charge in [0.05, 0.1) is 5.69 Å². The Hall–Kier alpha value is -4.00. The first-order valence-corrected chi connectivity index (χ1v) is 10.7. The summed E-state index contributed by atoms with van der Waals surface area (Å²) < 4.78 is 0. The van der Waals surface area contributed by atoms with Crippen molar-refractivity contribution in [3.63, 3.8) is 0 Å². The molecule has 7 heteroatoms. The van der Waals surface area contributed by atoms with E-state index in [1.54, 1.807) is 43.1 Å².